The SMILES string of the molecule is CC(=O)c1sc(N2C(=O)c3oc4ccc(Cl)cc4c(=O)c3C23C(=O)N(Cc2ccc(F)cc2)c2ccccc23)nc1C. The van der Waals surface area contributed by atoms with E-state index in [2.05, 4.69) is 4.98 Å². The summed E-state index contributed by atoms with van der Waals surface area (Å²) in [6, 6.07) is 17.1. The van der Waals surface area contributed by atoms with Crippen molar-refractivity contribution in [1.29, 1.82) is 0 Å². The van der Waals surface area contributed by atoms with Crippen molar-refractivity contribution in [3.05, 3.63) is 121 Å². The summed E-state index contributed by atoms with van der Waals surface area (Å²) in [6.45, 7) is 3.07. The zero-order valence-electron chi connectivity index (χ0n) is 22.1. The van der Waals surface area contributed by atoms with E-state index in [0.29, 0.717) is 27.4 Å². The van der Waals surface area contributed by atoms with Gasteiger partial charge in [0.05, 0.1) is 33.8 Å². The molecule has 0 aliphatic carbocycles. The van der Waals surface area contributed by atoms with Crippen molar-refractivity contribution in [2.75, 3.05) is 9.80 Å². The number of halogens is 2. The maximum absolute atomic E-state index is 14.9. The highest BCUT2D eigenvalue weighted by molar-refractivity contribution is 7.17. The molecule has 8 nitrogen and oxygen atoms in total. The fourth-order valence-corrected chi connectivity index (χ4v) is 7.05. The average molecular weight is 600 g/mol. The molecule has 0 N–H and O–H groups in total. The van der Waals surface area contributed by atoms with Crippen LogP contribution >= 0.6 is 22.9 Å². The molecule has 0 radical (unpaired) electrons. The van der Waals surface area contributed by atoms with E-state index in [1.807, 2.05) is 0 Å². The Labute approximate surface area is 246 Å². The van der Waals surface area contributed by atoms with E-state index >= 15 is 0 Å². The zero-order valence-corrected chi connectivity index (χ0v) is 23.7. The number of fused-ring (bicyclic) bond motifs is 5. The van der Waals surface area contributed by atoms with Gasteiger partial charge < -0.3 is 9.32 Å². The molecule has 0 fully saturated rings. The van der Waals surface area contributed by atoms with Crippen LogP contribution in [-0.2, 0) is 16.9 Å². The Morgan fingerprint density at radius 2 is 1.81 bits per heavy atom. The second-order valence-electron chi connectivity index (χ2n) is 10.1. The highest BCUT2D eigenvalue weighted by atomic mass is 35.5. The molecule has 1 unspecified atom stereocenters. The Morgan fingerprint density at radius 3 is 2.52 bits per heavy atom. The predicted octanol–water partition coefficient (Wildman–Crippen LogP) is 6.00. The molecule has 2 amide bonds. The van der Waals surface area contributed by atoms with E-state index in [1.54, 1.807) is 43.3 Å². The molecule has 3 aromatic carbocycles. The second kappa shape index (κ2) is 9.17. The summed E-state index contributed by atoms with van der Waals surface area (Å²) in [4.78, 5) is 63.4. The number of benzene rings is 3. The van der Waals surface area contributed by atoms with Crippen molar-refractivity contribution < 1.29 is 23.2 Å². The Morgan fingerprint density at radius 1 is 1.07 bits per heavy atom. The summed E-state index contributed by atoms with van der Waals surface area (Å²) >= 11 is 7.19. The van der Waals surface area contributed by atoms with Crippen LogP contribution in [0.2, 0.25) is 5.02 Å². The van der Waals surface area contributed by atoms with Crippen LogP contribution in [0.25, 0.3) is 11.0 Å². The van der Waals surface area contributed by atoms with Crippen LogP contribution in [0.4, 0.5) is 15.2 Å². The first-order chi connectivity index (χ1) is 20.1. The van der Waals surface area contributed by atoms with Gasteiger partial charge in [0.1, 0.15) is 11.4 Å². The van der Waals surface area contributed by atoms with E-state index in [9.17, 15) is 23.6 Å². The lowest BCUT2D eigenvalue weighted by Gasteiger charge is -2.32. The van der Waals surface area contributed by atoms with Crippen molar-refractivity contribution in [3.63, 3.8) is 0 Å². The minimum absolute atomic E-state index is 0.0373. The number of carbonyl (C=O) groups is 3. The third kappa shape index (κ3) is 3.48. The van der Waals surface area contributed by atoms with Crippen LogP contribution in [0.3, 0.4) is 0 Å². The molecule has 7 rings (SSSR count). The van der Waals surface area contributed by atoms with Gasteiger partial charge in [-0.25, -0.2) is 9.37 Å². The highest BCUT2D eigenvalue weighted by Crippen LogP contribution is 2.55. The van der Waals surface area contributed by atoms with Gasteiger partial charge in [-0.15, -0.1) is 0 Å². The number of anilines is 2. The van der Waals surface area contributed by atoms with E-state index in [0.717, 1.165) is 11.3 Å². The number of rotatable bonds is 4. The van der Waals surface area contributed by atoms with Crippen molar-refractivity contribution in [2.45, 2.75) is 25.9 Å². The van der Waals surface area contributed by atoms with E-state index in [-0.39, 0.29) is 44.8 Å². The summed E-state index contributed by atoms with van der Waals surface area (Å²) in [5.41, 5.74) is -0.740. The number of carbonyl (C=O) groups excluding carboxylic acids is 3. The smallest absolute Gasteiger partial charge is 0.297 e. The molecular weight excluding hydrogens is 581 g/mol. The number of hydrogen-bond donors (Lipinski definition) is 0. The first-order valence-electron chi connectivity index (χ1n) is 12.9. The zero-order chi connectivity index (χ0) is 29.5. The molecule has 2 aromatic heterocycles. The molecule has 4 heterocycles. The number of Topliss-reactive ketones (excluding diaryl/α,β-unsaturated/α-hetero) is 1. The van der Waals surface area contributed by atoms with Crippen LogP contribution in [0.1, 0.15) is 49.5 Å². The highest BCUT2D eigenvalue weighted by Gasteiger charge is 2.66. The lowest BCUT2D eigenvalue weighted by molar-refractivity contribution is -0.121. The summed E-state index contributed by atoms with van der Waals surface area (Å²) in [7, 11) is 0. The molecule has 0 saturated carbocycles. The molecule has 1 spiro atoms. The van der Waals surface area contributed by atoms with Crippen LogP contribution < -0.4 is 15.2 Å². The lowest BCUT2D eigenvalue weighted by atomic mass is 9.84. The van der Waals surface area contributed by atoms with Gasteiger partial charge in [0.25, 0.3) is 11.8 Å². The fraction of sp³-hybridized carbons (Fsp3) is 0.129. The number of amides is 2. The molecule has 1 atom stereocenters. The predicted molar refractivity (Wildman–Crippen MR) is 156 cm³/mol. The van der Waals surface area contributed by atoms with Gasteiger partial charge in [0.15, 0.2) is 21.9 Å². The summed E-state index contributed by atoms with van der Waals surface area (Å²) in [6.07, 6.45) is 0. The lowest BCUT2D eigenvalue weighted by Crippen LogP contribution is -2.53. The van der Waals surface area contributed by atoms with E-state index < -0.39 is 28.6 Å². The fourth-order valence-electron chi connectivity index (χ4n) is 5.87. The average Bonchev–Trinajstić information content (AvgIpc) is 3.55. The maximum atomic E-state index is 14.9. The molecule has 208 valence electrons. The second-order valence-corrected chi connectivity index (χ2v) is 11.5. The molecule has 5 aromatic rings. The van der Waals surface area contributed by atoms with Gasteiger partial charge in [-0.1, -0.05) is 53.3 Å². The molecule has 11 heteroatoms. The number of para-hydroxylation sites is 1. The van der Waals surface area contributed by atoms with Crippen molar-refractivity contribution in [1.82, 2.24) is 4.98 Å². The topological polar surface area (TPSA) is 101 Å². The normalized spacial score (nSPS) is 17.4. The number of hydrogen-bond acceptors (Lipinski definition) is 7. The minimum Gasteiger partial charge on any atom is -0.450 e. The molecule has 42 heavy (non-hydrogen) atoms. The molecule has 2 aliphatic heterocycles. The summed E-state index contributed by atoms with van der Waals surface area (Å²) in [5.74, 6) is -2.30. The van der Waals surface area contributed by atoms with Crippen LogP contribution in [0.5, 0.6) is 0 Å². The van der Waals surface area contributed by atoms with Gasteiger partial charge in [-0.2, -0.15) is 0 Å². The van der Waals surface area contributed by atoms with Gasteiger partial charge in [-0.05, 0) is 48.9 Å². The number of ketones is 1. The van der Waals surface area contributed by atoms with Crippen molar-refractivity contribution >= 4 is 62.3 Å². The first kappa shape index (κ1) is 26.2. The third-order valence-electron chi connectivity index (χ3n) is 7.64. The van der Waals surface area contributed by atoms with Gasteiger partial charge in [0, 0.05) is 17.5 Å². The van der Waals surface area contributed by atoms with Crippen molar-refractivity contribution in [2.24, 2.45) is 0 Å². The maximum Gasteiger partial charge on any atom is 0.297 e. The molecule has 0 bridgehead atoms. The van der Waals surface area contributed by atoms with E-state index in [1.165, 1.54) is 47.1 Å². The first-order valence-corrected chi connectivity index (χ1v) is 14.1. The third-order valence-corrected chi connectivity index (χ3v) is 9.12. The molecule has 0 saturated heterocycles. The standard InChI is InChI=1S/C31H19ClFN3O5S/c1-15-27(16(2)37)42-30(34-15)36-28(39)26-24(25(38)20-13-18(32)9-12-23(20)41-26)31(36)21-5-3-4-6-22(21)35(29(31)40)14-17-7-10-19(33)11-8-17/h3-13H,14H2,1-2H3. The van der Waals surface area contributed by atoms with Gasteiger partial charge >= 0.3 is 0 Å². The number of nitrogens with zero attached hydrogens (tertiary/aromatic N) is 3. The Hall–Kier alpha value is -4.67. The quantitative estimate of drug-likeness (QED) is 0.235. The van der Waals surface area contributed by atoms with Crippen LogP contribution in [-0.4, -0.2) is 22.6 Å². The Kier molecular flexibility index (Phi) is 5.73. The van der Waals surface area contributed by atoms with Crippen LogP contribution in [0, 0.1) is 12.7 Å². The number of aromatic nitrogens is 1. The van der Waals surface area contributed by atoms with Gasteiger partial charge in [-0.3, -0.25) is 24.1 Å². The van der Waals surface area contributed by atoms with Crippen LogP contribution in [0.15, 0.2) is 75.9 Å². The summed E-state index contributed by atoms with van der Waals surface area (Å²) in [5, 5.41) is 0.461. The largest absolute Gasteiger partial charge is 0.450 e. The molecule has 2 aliphatic rings. The minimum atomic E-state index is -1.99. The van der Waals surface area contributed by atoms with Gasteiger partial charge in [0.2, 0.25) is 5.76 Å². The van der Waals surface area contributed by atoms with Crippen molar-refractivity contribution in [3.8, 4) is 0 Å². The Bertz CT molecular complexity index is 2070. The monoisotopic (exact) mass is 599 g/mol. The summed E-state index contributed by atoms with van der Waals surface area (Å²) < 4.78 is 19.7. The molecular formula is C31H19ClFN3O5S. The number of aryl methyl sites for hydroxylation is 1. The number of thiazole rings is 1. The Balaban J connectivity index is 1.56. The van der Waals surface area contributed by atoms with E-state index in [4.69, 9.17) is 16.0 Å².